The first-order valence-corrected chi connectivity index (χ1v) is 15.8. The molecule has 2 aliphatic heterocycles. The van der Waals surface area contributed by atoms with Gasteiger partial charge in [0.1, 0.15) is 11.4 Å². The van der Waals surface area contributed by atoms with Gasteiger partial charge in [-0.05, 0) is 61.1 Å². The van der Waals surface area contributed by atoms with E-state index >= 15 is 0 Å². The van der Waals surface area contributed by atoms with E-state index in [1.165, 1.54) is 24.3 Å². The number of rotatable bonds is 9. The number of halogens is 4. The van der Waals surface area contributed by atoms with Gasteiger partial charge in [0.15, 0.2) is 0 Å². The SMILES string of the molecule is C=CCN(C(=O)NCc1ccc(C(F)(F)F)cc1)C1CCN(O[C@]2(c3cccc(F)c3)CN(C(=O)C3CCCC3)C[C@@H]2C)CC1. The molecule has 0 aromatic heterocycles. The first kappa shape index (κ1) is 32.9. The van der Waals surface area contributed by atoms with Crippen LogP contribution in [-0.2, 0) is 28.0 Å². The number of carbonyl (C=O) groups excluding carboxylic acids is 2. The van der Waals surface area contributed by atoms with E-state index in [0.29, 0.717) is 56.7 Å². The number of hydrogen-bond donors (Lipinski definition) is 1. The Kier molecular flexibility index (Phi) is 10.2. The zero-order valence-electron chi connectivity index (χ0n) is 25.7. The summed E-state index contributed by atoms with van der Waals surface area (Å²) in [7, 11) is 0. The van der Waals surface area contributed by atoms with Crippen molar-refractivity contribution in [2.75, 3.05) is 32.7 Å². The molecule has 3 fully saturated rings. The lowest BCUT2D eigenvalue weighted by atomic mass is 9.85. The maximum atomic E-state index is 14.5. The molecule has 2 aromatic carbocycles. The third-order valence-electron chi connectivity index (χ3n) is 9.51. The third kappa shape index (κ3) is 7.52. The molecule has 0 spiro atoms. The fourth-order valence-corrected chi connectivity index (χ4v) is 6.98. The van der Waals surface area contributed by atoms with Crippen molar-refractivity contribution < 1.29 is 32.0 Å². The molecule has 1 saturated carbocycles. The highest BCUT2D eigenvalue weighted by atomic mass is 19.4. The van der Waals surface area contributed by atoms with Crippen molar-refractivity contribution in [1.82, 2.24) is 20.2 Å². The number of hydrogen-bond acceptors (Lipinski definition) is 4. The van der Waals surface area contributed by atoms with Crippen LogP contribution in [0.1, 0.15) is 62.1 Å². The molecular weight excluding hydrogens is 588 g/mol. The maximum absolute atomic E-state index is 14.5. The summed E-state index contributed by atoms with van der Waals surface area (Å²) in [5.74, 6) is -0.236. The average molecular weight is 631 g/mol. The van der Waals surface area contributed by atoms with Crippen LogP contribution in [0.3, 0.4) is 0 Å². The molecule has 45 heavy (non-hydrogen) atoms. The Hall–Kier alpha value is -3.44. The van der Waals surface area contributed by atoms with Crippen molar-refractivity contribution in [3.8, 4) is 0 Å². The minimum absolute atomic E-state index is 0.0393. The van der Waals surface area contributed by atoms with E-state index in [0.717, 1.165) is 37.8 Å². The lowest BCUT2D eigenvalue weighted by Crippen LogP contribution is -2.52. The lowest BCUT2D eigenvalue weighted by Gasteiger charge is -2.42. The number of nitrogens with zero attached hydrogens (tertiary/aromatic N) is 3. The summed E-state index contributed by atoms with van der Waals surface area (Å²) in [6.45, 7) is 8.17. The van der Waals surface area contributed by atoms with Crippen LogP contribution < -0.4 is 5.32 Å². The number of alkyl halides is 3. The molecule has 5 rings (SSSR count). The summed E-state index contributed by atoms with van der Waals surface area (Å²) in [5.41, 5.74) is -0.371. The van der Waals surface area contributed by atoms with E-state index in [-0.39, 0.29) is 42.2 Å². The van der Waals surface area contributed by atoms with Crippen LogP contribution in [-0.4, -0.2) is 65.6 Å². The van der Waals surface area contributed by atoms with Gasteiger partial charge in [0.25, 0.3) is 0 Å². The molecule has 3 amide bonds. The molecule has 7 nitrogen and oxygen atoms in total. The highest BCUT2D eigenvalue weighted by molar-refractivity contribution is 5.79. The second-order valence-electron chi connectivity index (χ2n) is 12.5. The lowest BCUT2D eigenvalue weighted by molar-refractivity contribution is -0.268. The van der Waals surface area contributed by atoms with Crippen molar-refractivity contribution >= 4 is 11.9 Å². The van der Waals surface area contributed by atoms with Crippen LogP contribution >= 0.6 is 0 Å². The van der Waals surface area contributed by atoms with Gasteiger partial charge in [-0.1, -0.05) is 50.1 Å². The zero-order valence-corrected chi connectivity index (χ0v) is 25.7. The maximum Gasteiger partial charge on any atom is 0.416 e. The van der Waals surface area contributed by atoms with Crippen LogP contribution in [0.15, 0.2) is 61.2 Å². The molecule has 0 bridgehead atoms. The van der Waals surface area contributed by atoms with E-state index < -0.39 is 17.3 Å². The van der Waals surface area contributed by atoms with Crippen LogP contribution in [0.25, 0.3) is 0 Å². The number of urea groups is 1. The fraction of sp³-hybridized carbons (Fsp3) is 0.529. The van der Waals surface area contributed by atoms with Crippen molar-refractivity contribution in [2.45, 2.75) is 69.8 Å². The highest BCUT2D eigenvalue weighted by Gasteiger charge is 2.51. The van der Waals surface area contributed by atoms with Gasteiger partial charge < -0.3 is 15.1 Å². The second-order valence-corrected chi connectivity index (χ2v) is 12.5. The number of nitrogens with one attached hydrogen (secondary N) is 1. The summed E-state index contributed by atoms with van der Waals surface area (Å²) in [6.07, 6.45) is 2.40. The topological polar surface area (TPSA) is 65.1 Å². The smallest absolute Gasteiger partial charge is 0.339 e. The van der Waals surface area contributed by atoms with Gasteiger partial charge in [-0.15, -0.1) is 6.58 Å². The van der Waals surface area contributed by atoms with E-state index in [1.807, 2.05) is 23.0 Å². The summed E-state index contributed by atoms with van der Waals surface area (Å²) < 4.78 is 53.2. The number of benzene rings is 2. The normalized spacial score (nSPS) is 23.3. The van der Waals surface area contributed by atoms with Crippen LogP contribution in [0.2, 0.25) is 0 Å². The second kappa shape index (κ2) is 13.9. The predicted molar refractivity (Wildman–Crippen MR) is 162 cm³/mol. The Balaban J connectivity index is 1.23. The minimum Gasteiger partial charge on any atom is -0.339 e. The Labute approximate surface area is 262 Å². The van der Waals surface area contributed by atoms with E-state index in [2.05, 4.69) is 11.9 Å². The minimum atomic E-state index is -4.42. The van der Waals surface area contributed by atoms with Gasteiger partial charge in [0.05, 0.1) is 12.1 Å². The first-order valence-electron chi connectivity index (χ1n) is 15.8. The predicted octanol–water partition coefficient (Wildman–Crippen LogP) is 6.50. The fourth-order valence-electron chi connectivity index (χ4n) is 6.98. The van der Waals surface area contributed by atoms with Crippen molar-refractivity contribution in [1.29, 1.82) is 0 Å². The molecule has 2 saturated heterocycles. The van der Waals surface area contributed by atoms with Gasteiger partial charge in [-0.25, -0.2) is 9.18 Å². The Morgan fingerprint density at radius 3 is 2.40 bits per heavy atom. The summed E-state index contributed by atoms with van der Waals surface area (Å²) in [5, 5.41) is 4.71. The summed E-state index contributed by atoms with van der Waals surface area (Å²) >= 11 is 0. The molecule has 244 valence electrons. The largest absolute Gasteiger partial charge is 0.416 e. The van der Waals surface area contributed by atoms with Gasteiger partial charge >= 0.3 is 12.2 Å². The van der Waals surface area contributed by atoms with Gasteiger partial charge in [0.2, 0.25) is 5.91 Å². The summed E-state index contributed by atoms with van der Waals surface area (Å²) in [4.78, 5) is 36.9. The highest BCUT2D eigenvalue weighted by Crippen LogP contribution is 2.43. The van der Waals surface area contributed by atoms with Crippen molar-refractivity contribution in [3.05, 3.63) is 83.7 Å². The van der Waals surface area contributed by atoms with Crippen LogP contribution in [0, 0.1) is 17.7 Å². The first-order chi connectivity index (χ1) is 21.5. The molecule has 11 heteroatoms. The Bertz CT molecular complexity index is 1340. The van der Waals surface area contributed by atoms with E-state index in [1.54, 1.807) is 17.0 Å². The van der Waals surface area contributed by atoms with E-state index in [4.69, 9.17) is 4.84 Å². The van der Waals surface area contributed by atoms with E-state index in [9.17, 15) is 27.2 Å². The standard InChI is InChI=1S/C34H42F4N4O3/c1-3-17-42(32(44)39-21-25-11-13-27(14-12-25)34(36,37)38)30-15-18-41(19-16-30)45-33(28-9-6-10-29(35)20-28)23-40(22-24(33)2)31(43)26-7-4-5-8-26/h3,6,9-14,20,24,26,30H,1,4-5,7-8,15-19,21-23H2,2H3,(H,39,44)/t24-,33+/m0/s1. The average Bonchev–Trinajstić information content (AvgIpc) is 3.68. The monoisotopic (exact) mass is 630 g/mol. The molecule has 2 heterocycles. The third-order valence-corrected chi connectivity index (χ3v) is 9.51. The molecule has 1 N–H and O–H groups in total. The molecule has 0 unspecified atom stereocenters. The van der Waals surface area contributed by atoms with Gasteiger partial charge in [-0.3, -0.25) is 9.63 Å². The number of likely N-dealkylation sites (tertiary alicyclic amines) is 1. The molecule has 2 atom stereocenters. The summed E-state index contributed by atoms with van der Waals surface area (Å²) in [6, 6.07) is 10.7. The number of hydroxylamine groups is 2. The Morgan fingerprint density at radius 2 is 1.78 bits per heavy atom. The van der Waals surface area contributed by atoms with Gasteiger partial charge in [-0.2, -0.15) is 18.2 Å². The zero-order chi connectivity index (χ0) is 32.2. The Morgan fingerprint density at radius 1 is 1.09 bits per heavy atom. The quantitative estimate of drug-likeness (QED) is 0.254. The molecule has 0 radical (unpaired) electrons. The molecule has 3 aliphatic rings. The van der Waals surface area contributed by atoms with Crippen molar-refractivity contribution in [3.63, 3.8) is 0 Å². The molecular formula is C34H42F4N4O3. The van der Waals surface area contributed by atoms with Crippen molar-refractivity contribution in [2.24, 2.45) is 11.8 Å². The molecule has 2 aromatic rings. The van der Waals surface area contributed by atoms with Gasteiger partial charge in [0, 0.05) is 50.6 Å². The number of amides is 3. The molecule has 1 aliphatic carbocycles. The van der Waals surface area contributed by atoms with Crippen LogP contribution in [0.5, 0.6) is 0 Å². The number of carbonyl (C=O) groups is 2. The number of piperidine rings is 1. The van der Waals surface area contributed by atoms with Crippen LogP contribution in [0.4, 0.5) is 22.4 Å².